The molecular weight excluding hydrogens is 250 g/mol. The first-order chi connectivity index (χ1) is 8.83. The van der Waals surface area contributed by atoms with Crippen LogP contribution in [0.1, 0.15) is 16.9 Å². The zero-order valence-corrected chi connectivity index (χ0v) is 10.7. The molecule has 2 aromatic heterocycles. The molecule has 0 bridgehead atoms. The highest BCUT2D eigenvalue weighted by molar-refractivity contribution is 7.19. The summed E-state index contributed by atoms with van der Waals surface area (Å²) in [6, 6.07) is -0.375. The number of aliphatic hydroxyl groups excluding tert-OH is 2. The van der Waals surface area contributed by atoms with Crippen LogP contribution in [0.3, 0.4) is 0 Å². The van der Waals surface area contributed by atoms with Gasteiger partial charge in [0.25, 0.3) is 0 Å². The van der Waals surface area contributed by atoms with Crippen LogP contribution < -0.4 is 5.32 Å². The number of aromatic nitrogens is 2. The number of hydrogen-bond donors (Lipinski definition) is 3. The maximum absolute atomic E-state index is 9.14. The molecule has 0 atom stereocenters. The van der Waals surface area contributed by atoms with Gasteiger partial charge < -0.3 is 15.5 Å². The van der Waals surface area contributed by atoms with Gasteiger partial charge in [-0.1, -0.05) is 0 Å². The van der Waals surface area contributed by atoms with E-state index in [2.05, 4.69) is 15.3 Å². The van der Waals surface area contributed by atoms with E-state index in [0.29, 0.717) is 0 Å². The first kappa shape index (κ1) is 11.8. The molecule has 96 valence electrons. The van der Waals surface area contributed by atoms with E-state index in [1.54, 1.807) is 11.3 Å². The van der Waals surface area contributed by atoms with E-state index in [0.717, 1.165) is 28.9 Å². The number of thiophene rings is 1. The molecule has 5 nitrogen and oxygen atoms in total. The van der Waals surface area contributed by atoms with Crippen LogP contribution in [0.15, 0.2) is 6.33 Å². The highest BCUT2D eigenvalue weighted by Crippen LogP contribution is 2.39. The Kier molecular flexibility index (Phi) is 3.15. The molecule has 18 heavy (non-hydrogen) atoms. The molecule has 0 radical (unpaired) electrons. The number of nitrogens with zero attached hydrogens (tertiary/aromatic N) is 2. The van der Waals surface area contributed by atoms with Crippen molar-refractivity contribution in [1.82, 2.24) is 9.97 Å². The quantitative estimate of drug-likeness (QED) is 0.767. The van der Waals surface area contributed by atoms with Crippen molar-refractivity contribution < 1.29 is 10.2 Å². The number of aliphatic hydroxyl groups is 2. The molecule has 0 fully saturated rings. The molecule has 2 heterocycles. The van der Waals surface area contributed by atoms with E-state index in [9.17, 15) is 0 Å². The Morgan fingerprint density at radius 2 is 2.11 bits per heavy atom. The fourth-order valence-corrected chi connectivity index (χ4v) is 3.61. The Hall–Kier alpha value is -1.24. The molecule has 0 amide bonds. The molecule has 0 spiro atoms. The molecule has 0 aliphatic heterocycles. The lowest BCUT2D eigenvalue weighted by molar-refractivity contribution is 0.203. The van der Waals surface area contributed by atoms with Gasteiger partial charge in [-0.2, -0.15) is 0 Å². The maximum atomic E-state index is 9.14. The number of aryl methyl sites for hydroxylation is 2. The SMILES string of the molecule is OCC(CO)Nc1ncnc2sc3c(c12)CCC3. The first-order valence-electron chi connectivity index (χ1n) is 6.07. The second kappa shape index (κ2) is 4.79. The zero-order chi connectivity index (χ0) is 12.5. The van der Waals surface area contributed by atoms with Gasteiger partial charge >= 0.3 is 0 Å². The molecule has 0 saturated carbocycles. The second-order valence-corrected chi connectivity index (χ2v) is 5.55. The Morgan fingerprint density at radius 3 is 2.89 bits per heavy atom. The van der Waals surface area contributed by atoms with Crippen molar-refractivity contribution in [2.24, 2.45) is 0 Å². The Morgan fingerprint density at radius 1 is 1.28 bits per heavy atom. The van der Waals surface area contributed by atoms with Gasteiger partial charge in [-0.25, -0.2) is 9.97 Å². The van der Waals surface area contributed by atoms with E-state index in [1.807, 2.05) is 0 Å². The summed E-state index contributed by atoms with van der Waals surface area (Å²) in [6.45, 7) is -0.233. The average Bonchev–Trinajstić information content (AvgIpc) is 2.95. The van der Waals surface area contributed by atoms with Gasteiger partial charge in [0.05, 0.1) is 24.6 Å². The predicted molar refractivity (Wildman–Crippen MR) is 71.0 cm³/mol. The lowest BCUT2D eigenvalue weighted by atomic mass is 10.2. The lowest BCUT2D eigenvalue weighted by Gasteiger charge is -2.14. The fraction of sp³-hybridized carbons (Fsp3) is 0.500. The molecule has 1 aliphatic rings. The summed E-state index contributed by atoms with van der Waals surface area (Å²) >= 11 is 1.73. The Bertz CT molecular complexity index is 566. The number of rotatable bonds is 4. The predicted octanol–water partition coefficient (Wildman–Crippen LogP) is 0.945. The highest BCUT2D eigenvalue weighted by atomic mass is 32.1. The largest absolute Gasteiger partial charge is 0.394 e. The van der Waals surface area contributed by atoms with E-state index >= 15 is 0 Å². The summed E-state index contributed by atoms with van der Waals surface area (Å²) in [5.74, 6) is 0.729. The summed E-state index contributed by atoms with van der Waals surface area (Å²) in [4.78, 5) is 11.0. The summed E-state index contributed by atoms with van der Waals surface area (Å²) in [6.07, 6.45) is 4.91. The minimum absolute atomic E-state index is 0.117. The van der Waals surface area contributed by atoms with Crippen molar-refractivity contribution in [1.29, 1.82) is 0 Å². The van der Waals surface area contributed by atoms with E-state index in [-0.39, 0.29) is 19.3 Å². The third-order valence-electron chi connectivity index (χ3n) is 3.28. The van der Waals surface area contributed by atoms with E-state index < -0.39 is 0 Å². The van der Waals surface area contributed by atoms with Crippen molar-refractivity contribution in [2.45, 2.75) is 25.3 Å². The van der Waals surface area contributed by atoms with E-state index in [4.69, 9.17) is 10.2 Å². The minimum Gasteiger partial charge on any atom is -0.394 e. The van der Waals surface area contributed by atoms with Crippen molar-refractivity contribution in [3.63, 3.8) is 0 Å². The van der Waals surface area contributed by atoms with Gasteiger partial charge in [-0.05, 0) is 24.8 Å². The van der Waals surface area contributed by atoms with Gasteiger partial charge in [0, 0.05) is 4.88 Å². The average molecular weight is 265 g/mol. The smallest absolute Gasteiger partial charge is 0.138 e. The van der Waals surface area contributed by atoms with Crippen LogP contribution in [-0.2, 0) is 12.8 Å². The van der Waals surface area contributed by atoms with Gasteiger partial charge in [0.1, 0.15) is 17.0 Å². The molecule has 1 aliphatic carbocycles. The Balaban J connectivity index is 2.06. The molecule has 3 rings (SSSR count). The normalized spacial score (nSPS) is 14.4. The third-order valence-corrected chi connectivity index (χ3v) is 4.48. The monoisotopic (exact) mass is 265 g/mol. The van der Waals surface area contributed by atoms with Crippen LogP contribution in [0.5, 0.6) is 0 Å². The molecule has 2 aromatic rings. The summed E-state index contributed by atoms with van der Waals surface area (Å²) in [5, 5.41) is 22.4. The molecule has 3 N–H and O–H groups in total. The minimum atomic E-state index is -0.375. The zero-order valence-electron chi connectivity index (χ0n) is 9.89. The van der Waals surface area contributed by atoms with Crippen LogP contribution in [0.2, 0.25) is 0 Å². The second-order valence-electron chi connectivity index (χ2n) is 4.47. The van der Waals surface area contributed by atoms with Crippen LogP contribution in [0, 0.1) is 0 Å². The van der Waals surface area contributed by atoms with E-state index in [1.165, 1.54) is 23.2 Å². The van der Waals surface area contributed by atoms with Crippen LogP contribution >= 0.6 is 11.3 Å². The topological polar surface area (TPSA) is 78.3 Å². The van der Waals surface area contributed by atoms with Crippen LogP contribution in [0.25, 0.3) is 10.2 Å². The molecule has 0 saturated heterocycles. The number of anilines is 1. The Labute approximate surface area is 109 Å². The maximum Gasteiger partial charge on any atom is 0.138 e. The summed E-state index contributed by atoms with van der Waals surface area (Å²) in [5.41, 5.74) is 1.34. The third kappa shape index (κ3) is 1.86. The van der Waals surface area contributed by atoms with Crippen LogP contribution in [-0.4, -0.2) is 39.4 Å². The number of hydrogen-bond acceptors (Lipinski definition) is 6. The standard InChI is InChI=1S/C12H15N3O2S/c16-4-7(5-17)15-11-10-8-2-1-3-9(8)18-12(10)14-6-13-11/h6-7,16-17H,1-5H2,(H,13,14,15). The van der Waals surface area contributed by atoms with Gasteiger partial charge in [-0.3, -0.25) is 0 Å². The fourth-order valence-electron chi connectivity index (χ4n) is 2.38. The van der Waals surface area contributed by atoms with Crippen molar-refractivity contribution in [2.75, 3.05) is 18.5 Å². The molecular formula is C12H15N3O2S. The lowest BCUT2D eigenvalue weighted by Crippen LogP contribution is -2.28. The molecule has 6 heteroatoms. The number of nitrogens with one attached hydrogen (secondary N) is 1. The van der Waals surface area contributed by atoms with Gasteiger partial charge in [0.2, 0.25) is 0 Å². The first-order valence-corrected chi connectivity index (χ1v) is 6.88. The van der Waals surface area contributed by atoms with Gasteiger partial charge in [-0.15, -0.1) is 11.3 Å². The highest BCUT2D eigenvalue weighted by Gasteiger charge is 2.21. The van der Waals surface area contributed by atoms with Crippen LogP contribution in [0.4, 0.5) is 5.82 Å². The van der Waals surface area contributed by atoms with Gasteiger partial charge in [0.15, 0.2) is 0 Å². The summed E-state index contributed by atoms with van der Waals surface area (Å²) < 4.78 is 0. The van der Waals surface area contributed by atoms with Crippen molar-refractivity contribution in [3.05, 3.63) is 16.8 Å². The van der Waals surface area contributed by atoms with Crippen molar-refractivity contribution >= 4 is 27.4 Å². The molecule has 0 unspecified atom stereocenters. The van der Waals surface area contributed by atoms with Crippen molar-refractivity contribution in [3.8, 4) is 0 Å². The number of fused-ring (bicyclic) bond motifs is 3. The summed E-state index contributed by atoms with van der Waals surface area (Å²) in [7, 11) is 0. The molecule has 0 aromatic carbocycles.